The Balaban J connectivity index is 2.02. The van der Waals surface area contributed by atoms with Gasteiger partial charge in [0.15, 0.2) is 0 Å². The molecule has 0 heterocycles. The summed E-state index contributed by atoms with van der Waals surface area (Å²) in [6, 6.07) is 5.88. The summed E-state index contributed by atoms with van der Waals surface area (Å²) in [5, 5.41) is 0. The molecule has 1 fully saturated rings. The summed E-state index contributed by atoms with van der Waals surface area (Å²) in [4.78, 5) is 0. The van der Waals surface area contributed by atoms with E-state index in [9.17, 15) is 0 Å². The van der Waals surface area contributed by atoms with Gasteiger partial charge in [0.05, 0.1) is 6.10 Å². The van der Waals surface area contributed by atoms with Crippen LogP contribution in [0.15, 0.2) is 18.2 Å². The Morgan fingerprint density at radius 2 is 2.12 bits per heavy atom. The molecule has 1 aromatic rings. The number of nitrogen functional groups attached to an aromatic ring is 1. The van der Waals surface area contributed by atoms with Gasteiger partial charge in [-0.05, 0) is 55.9 Å². The lowest BCUT2D eigenvalue weighted by atomic mass is 9.88. The highest BCUT2D eigenvalue weighted by Gasteiger charge is 2.20. The van der Waals surface area contributed by atoms with Crippen LogP contribution in [0.4, 0.5) is 5.69 Å². The fourth-order valence-corrected chi connectivity index (χ4v) is 2.47. The molecular formula is C14H21NO. The molecule has 2 atom stereocenters. The highest BCUT2D eigenvalue weighted by molar-refractivity contribution is 5.47. The van der Waals surface area contributed by atoms with E-state index in [2.05, 4.69) is 13.8 Å². The van der Waals surface area contributed by atoms with Crippen LogP contribution < -0.4 is 10.5 Å². The molecule has 0 radical (unpaired) electrons. The van der Waals surface area contributed by atoms with Crippen molar-refractivity contribution in [3.8, 4) is 5.75 Å². The molecule has 0 saturated heterocycles. The lowest BCUT2D eigenvalue weighted by molar-refractivity contribution is 0.128. The number of anilines is 1. The van der Waals surface area contributed by atoms with Crippen LogP contribution in [0.1, 0.15) is 38.2 Å². The third-order valence-corrected chi connectivity index (χ3v) is 3.38. The minimum absolute atomic E-state index is 0.395. The predicted octanol–water partition coefficient (Wildman–Crippen LogP) is 3.53. The fourth-order valence-electron chi connectivity index (χ4n) is 2.47. The van der Waals surface area contributed by atoms with E-state index in [0.717, 1.165) is 22.9 Å². The van der Waals surface area contributed by atoms with Gasteiger partial charge < -0.3 is 10.5 Å². The zero-order chi connectivity index (χ0) is 11.5. The summed E-state index contributed by atoms with van der Waals surface area (Å²) >= 11 is 0. The van der Waals surface area contributed by atoms with Crippen molar-refractivity contribution < 1.29 is 4.74 Å². The standard InChI is InChI=1S/C14H21NO/c1-10-4-3-5-13(8-10)16-14-7-6-12(15)9-11(14)2/h6-7,9-10,13H,3-5,8,15H2,1-2H3. The Labute approximate surface area is 97.8 Å². The van der Waals surface area contributed by atoms with Gasteiger partial charge in [-0.1, -0.05) is 13.3 Å². The van der Waals surface area contributed by atoms with Crippen molar-refractivity contribution in [1.82, 2.24) is 0 Å². The number of hydrogen-bond acceptors (Lipinski definition) is 2. The molecule has 1 aromatic carbocycles. The van der Waals surface area contributed by atoms with Crippen LogP contribution in [0, 0.1) is 12.8 Å². The van der Waals surface area contributed by atoms with Crippen molar-refractivity contribution in [2.24, 2.45) is 5.92 Å². The van der Waals surface area contributed by atoms with Crippen molar-refractivity contribution in [2.45, 2.75) is 45.6 Å². The van der Waals surface area contributed by atoms with E-state index in [1.807, 2.05) is 18.2 Å². The molecule has 0 bridgehead atoms. The molecule has 1 saturated carbocycles. The van der Waals surface area contributed by atoms with E-state index in [-0.39, 0.29) is 0 Å². The predicted molar refractivity (Wildman–Crippen MR) is 67.6 cm³/mol. The second kappa shape index (κ2) is 4.77. The Hall–Kier alpha value is -1.18. The van der Waals surface area contributed by atoms with Crippen molar-refractivity contribution in [1.29, 1.82) is 0 Å². The number of rotatable bonds is 2. The summed E-state index contributed by atoms with van der Waals surface area (Å²) in [6.45, 7) is 4.36. The Kier molecular flexibility index (Phi) is 3.37. The molecule has 88 valence electrons. The number of aryl methyl sites for hydroxylation is 1. The molecule has 0 aromatic heterocycles. The molecule has 16 heavy (non-hydrogen) atoms. The molecule has 2 nitrogen and oxygen atoms in total. The van der Waals surface area contributed by atoms with Crippen LogP contribution in [-0.4, -0.2) is 6.10 Å². The molecule has 0 spiro atoms. The summed E-state index contributed by atoms with van der Waals surface area (Å²) in [5.74, 6) is 1.79. The zero-order valence-electron chi connectivity index (χ0n) is 10.2. The van der Waals surface area contributed by atoms with Gasteiger partial charge in [0.1, 0.15) is 5.75 Å². The second-order valence-electron chi connectivity index (χ2n) is 5.04. The number of ether oxygens (including phenoxy) is 1. The van der Waals surface area contributed by atoms with Gasteiger partial charge in [0.2, 0.25) is 0 Å². The van der Waals surface area contributed by atoms with E-state index >= 15 is 0 Å². The van der Waals surface area contributed by atoms with Gasteiger partial charge in [-0.3, -0.25) is 0 Å². The van der Waals surface area contributed by atoms with Crippen molar-refractivity contribution in [2.75, 3.05) is 5.73 Å². The van der Waals surface area contributed by atoms with Crippen LogP contribution in [-0.2, 0) is 0 Å². The molecule has 0 amide bonds. The monoisotopic (exact) mass is 219 g/mol. The second-order valence-corrected chi connectivity index (χ2v) is 5.04. The van der Waals surface area contributed by atoms with Gasteiger partial charge >= 0.3 is 0 Å². The molecule has 1 aliphatic rings. The van der Waals surface area contributed by atoms with Gasteiger partial charge in [0.25, 0.3) is 0 Å². The minimum atomic E-state index is 0.395. The Morgan fingerprint density at radius 1 is 1.31 bits per heavy atom. The maximum atomic E-state index is 6.06. The maximum Gasteiger partial charge on any atom is 0.122 e. The first kappa shape index (κ1) is 11.3. The van der Waals surface area contributed by atoms with Gasteiger partial charge in [0, 0.05) is 5.69 Å². The van der Waals surface area contributed by atoms with Crippen molar-refractivity contribution >= 4 is 5.69 Å². The Morgan fingerprint density at radius 3 is 2.81 bits per heavy atom. The summed E-state index contributed by atoms with van der Waals surface area (Å²) in [5.41, 5.74) is 7.67. The van der Waals surface area contributed by atoms with E-state index in [0.29, 0.717) is 6.10 Å². The topological polar surface area (TPSA) is 35.2 Å². The Bertz CT molecular complexity index is 362. The molecule has 0 aliphatic heterocycles. The molecule has 2 heteroatoms. The molecule has 2 N–H and O–H groups in total. The van der Waals surface area contributed by atoms with Crippen LogP contribution in [0.5, 0.6) is 5.75 Å². The van der Waals surface area contributed by atoms with E-state index in [1.54, 1.807) is 0 Å². The van der Waals surface area contributed by atoms with Crippen LogP contribution in [0.25, 0.3) is 0 Å². The molecular weight excluding hydrogens is 198 g/mol. The molecule has 2 rings (SSSR count). The lowest BCUT2D eigenvalue weighted by Gasteiger charge is -2.28. The van der Waals surface area contributed by atoms with Gasteiger partial charge in [-0.2, -0.15) is 0 Å². The summed E-state index contributed by atoms with van der Waals surface area (Å²) in [6.07, 6.45) is 5.41. The first-order valence-electron chi connectivity index (χ1n) is 6.18. The third kappa shape index (κ3) is 2.69. The van der Waals surface area contributed by atoms with E-state index < -0.39 is 0 Å². The van der Waals surface area contributed by atoms with Crippen LogP contribution >= 0.6 is 0 Å². The average molecular weight is 219 g/mol. The fraction of sp³-hybridized carbons (Fsp3) is 0.571. The maximum absolute atomic E-state index is 6.06. The average Bonchev–Trinajstić information content (AvgIpc) is 2.22. The van der Waals surface area contributed by atoms with Gasteiger partial charge in [-0.15, -0.1) is 0 Å². The normalized spacial score (nSPS) is 25.4. The highest BCUT2D eigenvalue weighted by atomic mass is 16.5. The van der Waals surface area contributed by atoms with Gasteiger partial charge in [-0.25, -0.2) is 0 Å². The smallest absolute Gasteiger partial charge is 0.122 e. The highest BCUT2D eigenvalue weighted by Crippen LogP contribution is 2.29. The largest absolute Gasteiger partial charge is 0.490 e. The van der Waals surface area contributed by atoms with Crippen LogP contribution in [0.3, 0.4) is 0 Å². The SMILES string of the molecule is Cc1cc(N)ccc1OC1CCCC(C)C1. The van der Waals surface area contributed by atoms with Crippen molar-refractivity contribution in [3.63, 3.8) is 0 Å². The van der Waals surface area contributed by atoms with E-state index in [4.69, 9.17) is 10.5 Å². The van der Waals surface area contributed by atoms with Crippen LogP contribution in [0.2, 0.25) is 0 Å². The molecule has 1 aliphatic carbocycles. The first-order chi connectivity index (χ1) is 7.65. The summed E-state index contributed by atoms with van der Waals surface area (Å²) < 4.78 is 6.06. The minimum Gasteiger partial charge on any atom is -0.490 e. The molecule has 2 unspecified atom stereocenters. The number of nitrogens with two attached hydrogens (primary N) is 1. The number of benzene rings is 1. The quantitative estimate of drug-likeness (QED) is 0.772. The van der Waals surface area contributed by atoms with E-state index in [1.165, 1.54) is 25.7 Å². The lowest BCUT2D eigenvalue weighted by Crippen LogP contribution is -2.24. The first-order valence-corrected chi connectivity index (χ1v) is 6.18. The third-order valence-electron chi connectivity index (χ3n) is 3.38. The number of hydrogen-bond donors (Lipinski definition) is 1. The van der Waals surface area contributed by atoms with Crippen molar-refractivity contribution in [3.05, 3.63) is 23.8 Å². The summed E-state index contributed by atoms with van der Waals surface area (Å²) in [7, 11) is 0. The zero-order valence-corrected chi connectivity index (χ0v) is 10.2.